The molecule has 30 heavy (non-hydrogen) atoms. The Labute approximate surface area is 171 Å². The highest BCUT2D eigenvalue weighted by molar-refractivity contribution is 6.04. The van der Waals surface area contributed by atoms with Crippen LogP contribution in [-0.4, -0.2) is 16.0 Å². The molecule has 0 fully saturated rings. The minimum atomic E-state index is -1.19. The van der Waals surface area contributed by atoms with Crippen molar-refractivity contribution in [2.45, 2.75) is 13.8 Å². The first-order valence-electron chi connectivity index (χ1n) is 9.18. The molecule has 150 valence electrons. The van der Waals surface area contributed by atoms with Crippen LogP contribution in [0.15, 0.2) is 65.3 Å². The summed E-state index contributed by atoms with van der Waals surface area (Å²) in [5, 5.41) is 6.44. The van der Waals surface area contributed by atoms with Crippen molar-refractivity contribution in [2.24, 2.45) is 0 Å². The Morgan fingerprint density at radius 2 is 1.87 bits per heavy atom. The molecule has 5 nitrogen and oxygen atoms in total. The monoisotopic (exact) mass is 405 g/mol. The molecule has 7 heteroatoms. The summed E-state index contributed by atoms with van der Waals surface area (Å²) in [6.45, 7) is 3.82. The number of carbonyl (C=O) groups excluding carboxylic acids is 1. The number of amides is 1. The summed E-state index contributed by atoms with van der Waals surface area (Å²) in [5.74, 6) is -2.35. The van der Waals surface area contributed by atoms with E-state index in [2.05, 4.69) is 15.5 Å². The zero-order chi connectivity index (χ0) is 21.3. The second kappa shape index (κ2) is 7.87. The zero-order valence-corrected chi connectivity index (χ0v) is 16.2. The predicted molar refractivity (Wildman–Crippen MR) is 109 cm³/mol. The molecule has 1 N–H and O–H groups in total. The van der Waals surface area contributed by atoms with Crippen molar-refractivity contribution >= 4 is 11.6 Å². The van der Waals surface area contributed by atoms with E-state index in [0.717, 1.165) is 28.5 Å². The molecular formula is C23H17F2N3O2. The molecule has 0 spiro atoms. The molecule has 2 aromatic heterocycles. The van der Waals surface area contributed by atoms with Crippen LogP contribution in [0.5, 0.6) is 0 Å². The second-order valence-corrected chi connectivity index (χ2v) is 6.85. The molecule has 0 saturated heterocycles. The van der Waals surface area contributed by atoms with E-state index in [-0.39, 0.29) is 5.56 Å². The lowest BCUT2D eigenvalue weighted by atomic mass is 10.0. The Balaban J connectivity index is 1.58. The maximum atomic E-state index is 13.8. The van der Waals surface area contributed by atoms with Crippen LogP contribution in [-0.2, 0) is 0 Å². The van der Waals surface area contributed by atoms with Gasteiger partial charge in [-0.3, -0.25) is 9.78 Å². The summed E-state index contributed by atoms with van der Waals surface area (Å²) in [5.41, 5.74) is 4.27. The summed E-state index contributed by atoms with van der Waals surface area (Å²) in [7, 11) is 0. The lowest BCUT2D eigenvalue weighted by Crippen LogP contribution is -2.14. The Kier molecular flexibility index (Phi) is 5.10. The molecule has 4 aromatic rings. The fourth-order valence-corrected chi connectivity index (χ4v) is 3.06. The average Bonchev–Trinajstić information content (AvgIpc) is 3.17. The number of pyridine rings is 1. The highest BCUT2D eigenvalue weighted by Crippen LogP contribution is 2.29. The van der Waals surface area contributed by atoms with Crippen LogP contribution in [0.3, 0.4) is 0 Å². The average molecular weight is 405 g/mol. The molecule has 1 amide bonds. The molecule has 2 aromatic carbocycles. The Bertz CT molecular complexity index is 1230. The second-order valence-electron chi connectivity index (χ2n) is 6.85. The van der Waals surface area contributed by atoms with Crippen LogP contribution in [0.4, 0.5) is 14.5 Å². The van der Waals surface area contributed by atoms with Gasteiger partial charge in [-0.15, -0.1) is 0 Å². The highest BCUT2D eigenvalue weighted by Gasteiger charge is 2.15. The van der Waals surface area contributed by atoms with Crippen LogP contribution in [0.2, 0.25) is 0 Å². The third-order valence-corrected chi connectivity index (χ3v) is 4.64. The first kappa shape index (κ1) is 19.4. The topological polar surface area (TPSA) is 68.0 Å². The van der Waals surface area contributed by atoms with Gasteiger partial charge in [0.15, 0.2) is 17.4 Å². The van der Waals surface area contributed by atoms with Crippen molar-refractivity contribution in [3.8, 4) is 22.6 Å². The summed E-state index contributed by atoms with van der Waals surface area (Å²) in [4.78, 5) is 16.6. The van der Waals surface area contributed by atoms with E-state index in [9.17, 15) is 13.6 Å². The largest absolute Gasteiger partial charge is 0.356 e. The molecule has 0 radical (unpaired) electrons. The van der Waals surface area contributed by atoms with Gasteiger partial charge in [-0.2, -0.15) is 0 Å². The Hall–Kier alpha value is -3.87. The smallest absolute Gasteiger partial charge is 0.258 e. The lowest BCUT2D eigenvalue weighted by Gasteiger charge is -2.09. The first-order valence-corrected chi connectivity index (χ1v) is 9.18. The van der Waals surface area contributed by atoms with Gasteiger partial charge in [0, 0.05) is 17.2 Å². The minimum Gasteiger partial charge on any atom is -0.356 e. The number of hydrogen-bond donors (Lipinski definition) is 1. The SMILES string of the molecule is Cc1cc(-c2ccc(C)c(-c3ccc(NC(=O)c4cccc(F)c4F)cn3)c2)on1. The quantitative estimate of drug-likeness (QED) is 0.483. The lowest BCUT2D eigenvalue weighted by molar-refractivity contribution is 0.102. The number of rotatable bonds is 4. The molecular weight excluding hydrogens is 388 g/mol. The molecule has 0 aliphatic heterocycles. The van der Waals surface area contributed by atoms with Gasteiger partial charge in [0.2, 0.25) is 0 Å². The van der Waals surface area contributed by atoms with Crippen molar-refractivity contribution < 1.29 is 18.1 Å². The van der Waals surface area contributed by atoms with Gasteiger partial charge in [0.05, 0.1) is 28.8 Å². The van der Waals surface area contributed by atoms with Gasteiger partial charge < -0.3 is 9.84 Å². The number of halogens is 2. The van der Waals surface area contributed by atoms with Gasteiger partial charge in [-0.05, 0) is 49.7 Å². The molecule has 0 aliphatic carbocycles. The van der Waals surface area contributed by atoms with Crippen LogP contribution in [0.25, 0.3) is 22.6 Å². The van der Waals surface area contributed by atoms with E-state index in [1.807, 2.05) is 38.1 Å². The third-order valence-electron chi connectivity index (χ3n) is 4.64. The molecule has 0 unspecified atom stereocenters. The van der Waals surface area contributed by atoms with E-state index >= 15 is 0 Å². The van der Waals surface area contributed by atoms with Crippen molar-refractivity contribution in [1.82, 2.24) is 10.1 Å². The number of nitrogens with zero attached hydrogens (tertiary/aromatic N) is 2. The summed E-state index contributed by atoms with van der Waals surface area (Å²) in [6.07, 6.45) is 1.47. The highest BCUT2D eigenvalue weighted by atomic mass is 19.2. The van der Waals surface area contributed by atoms with E-state index in [4.69, 9.17) is 4.52 Å². The van der Waals surface area contributed by atoms with Crippen molar-refractivity contribution in [3.63, 3.8) is 0 Å². The number of aromatic nitrogens is 2. The number of hydrogen-bond acceptors (Lipinski definition) is 4. The predicted octanol–water partition coefficient (Wildman–Crippen LogP) is 5.55. The number of nitrogens with one attached hydrogen (secondary N) is 1. The molecule has 0 saturated carbocycles. The van der Waals surface area contributed by atoms with Crippen molar-refractivity contribution in [3.05, 3.63) is 89.2 Å². The molecule has 4 rings (SSSR count). The normalized spacial score (nSPS) is 10.8. The first-order chi connectivity index (χ1) is 14.4. The fourth-order valence-electron chi connectivity index (χ4n) is 3.06. The van der Waals surface area contributed by atoms with E-state index < -0.39 is 17.5 Å². The molecule has 0 atom stereocenters. The Morgan fingerprint density at radius 1 is 1.03 bits per heavy atom. The maximum absolute atomic E-state index is 13.8. The number of benzene rings is 2. The molecule has 2 heterocycles. The van der Waals surface area contributed by atoms with E-state index in [1.54, 1.807) is 12.1 Å². The fraction of sp³-hybridized carbons (Fsp3) is 0.0870. The molecule has 0 bridgehead atoms. The van der Waals surface area contributed by atoms with Gasteiger partial charge in [-0.1, -0.05) is 23.4 Å². The number of aryl methyl sites for hydroxylation is 2. The third kappa shape index (κ3) is 3.82. The van der Waals surface area contributed by atoms with Gasteiger partial charge in [-0.25, -0.2) is 8.78 Å². The van der Waals surface area contributed by atoms with E-state index in [1.165, 1.54) is 18.3 Å². The maximum Gasteiger partial charge on any atom is 0.258 e. The number of carbonyl (C=O) groups is 1. The Morgan fingerprint density at radius 3 is 2.57 bits per heavy atom. The van der Waals surface area contributed by atoms with Crippen LogP contribution in [0.1, 0.15) is 21.6 Å². The summed E-state index contributed by atoms with van der Waals surface area (Å²) >= 11 is 0. The summed E-state index contributed by atoms with van der Waals surface area (Å²) < 4.78 is 32.5. The number of anilines is 1. The molecule has 0 aliphatic rings. The van der Waals surface area contributed by atoms with Crippen LogP contribution < -0.4 is 5.32 Å². The van der Waals surface area contributed by atoms with Crippen molar-refractivity contribution in [1.29, 1.82) is 0 Å². The van der Waals surface area contributed by atoms with Gasteiger partial charge in [0.25, 0.3) is 5.91 Å². The summed E-state index contributed by atoms with van der Waals surface area (Å²) in [6, 6.07) is 14.6. The van der Waals surface area contributed by atoms with E-state index in [0.29, 0.717) is 17.1 Å². The van der Waals surface area contributed by atoms with Crippen molar-refractivity contribution in [2.75, 3.05) is 5.32 Å². The zero-order valence-electron chi connectivity index (χ0n) is 16.2. The standard InChI is InChI=1S/C23H17F2N3O2/c1-13-6-7-15(21-10-14(2)28-30-21)11-18(13)20-9-8-16(12-26-20)27-23(29)17-4-3-5-19(24)22(17)25/h3-12H,1-2H3,(H,27,29). The van der Waals surface area contributed by atoms with Crippen LogP contribution in [0, 0.1) is 25.5 Å². The van der Waals surface area contributed by atoms with Crippen LogP contribution >= 0.6 is 0 Å². The van der Waals surface area contributed by atoms with Gasteiger partial charge in [0.1, 0.15) is 0 Å². The minimum absolute atomic E-state index is 0.368. The van der Waals surface area contributed by atoms with Gasteiger partial charge >= 0.3 is 0 Å².